The topological polar surface area (TPSA) is 83.7 Å². The molecule has 1 N–H and O–H groups in total. The number of nitro groups is 1. The number of benzene rings is 1. The van der Waals surface area contributed by atoms with E-state index >= 15 is 0 Å². The quantitative estimate of drug-likeness (QED) is 0.680. The zero-order valence-corrected chi connectivity index (χ0v) is 12.2. The van der Waals surface area contributed by atoms with Gasteiger partial charge in [0.2, 0.25) is 0 Å². The average Bonchev–Trinajstić information content (AvgIpc) is 2.96. The fraction of sp³-hybridized carbons (Fsp3) is 0.214. The maximum absolute atomic E-state index is 12.4. The van der Waals surface area contributed by atoms with Crippen LogP contribution < -0.4 is 0 Å². The van der Waals surface area contributed by atoms with E-state index in [0.717, 1.165) is 17.0 Å². The van der Waals surface area contributed by atoms with Crippen molar-refractivity contribution < 1.29 is 14.8 Å². The van der Waals surface area contributed by atoms with Crippen LogP contribution in [0.1, 0.15) is 22.2 Å². The summed E-state index contributed by atoms with van der Waals surface area (Å²) in [7, 11) is 0. The Morgan fingerprint density at radius 1 is 1.43 bits per heavy atom. The molecule has 2 aromatic rings. The predicted molar refractivity (Wildman–Crippen MR) is 79.5 cm³/mol. The summed E-state index contributed by atoms with van der Waals surface area (Å²) in [6.45, 7) is 2.84. The molecule has 0 unspecified atom stereocenters. The molecule has 1 aromatic carbocycles. The number of phenolic OH excluding ortho intramolecular Hbond substituents is 1. The van der Waals surface area contributed by atoms with E-state index in [1.807, 2.05) is 24.4 Å². The number of phenols is 1. The van der Waals surface area contributed by atoms with Crippen LogP contribution in [-0.2, 0) is 6.54 Å². The van der Waals surface area contributed by atoms with E-state index in [1.165, 1.54) is 6.07 Å². The third kappa shape index (κ3) is 3.38. The molecule has 0 aliphatic rings. The summed E-state index contributed by atoms with van der Waals surface area (Å²) in [4.78, 5) is 25.0. The normalized spacial score (nSPS) is 10.3. The second-order valence-corrected chi connectivity index (χ2v) is 5.39. The number of hydrogen-bond donors (Lipinski definition) is 1. The Labute approximate surface area is 125 Å². The Balaban J connectivity index is 2.21. The van der Waals surface area contributed by atoms with Gasteiger partial charge in [0, 0.05) is 23.1 Å². The van der Waals surface area contributed by atoms with Crippen LogP contribution in [0.4, 0.5) is 5.69 Å². The van der Waals surface area contributed by atoms with E-state index < -0.39 is 16.4 Å². The third-order valence-corrected chi connectivity index (χ3v) is 3.88. The number of thiophene rings is 1. The summed E-state index contributed by atoms with van der Waals surface area (Å²) in [5, 5.41) is 22.2. The maximum atomic E-state index is 12.4. The first-order valence-corrected chi connectivity index (χ1v) is 7.20. The second kappa shape index (κ2) is 6.36. The van der Waals surface area contributed by atoms with Crippen molar-refractivity contribution in [2.75, 3.05) is 6.54 Å². The van der Waals surface area contributed by atoms with Crippen molar-refractivity contribution in [3.8, 4) is 5.75 Å². The van der Waals surface area contributed by atoms with Crippen LogP contribution >= 0.6 is 11.3 Å². The summed E-state index contributed by atoms with van der Waals surface area (Å²) in [6.07, 6.45) is 0. The van der Waals surface area contributed by atoms with Crippen LogP contribution in [-0.4, -0.2) is 27.4 Å². The maximum Gasteiger partial charge on any atom is 0.310 e. The molecule has 110 valence electrons. The number of nitro benzene ring substituents is 1. The molecule has 7 heteroatoms. The minimum absolute atomic E-state index is 0.233. The van der Waals surface area contributed by atoms with E-state index in [0.29, 0.717) is 13.1 Å². The molecule has 0 saturated heterocycles. The highest BCUT2D eigenvalue weighted by atomic mass is 32.1. The Hall–Kier alpha value is -2.41. The molecule has 1 heterocycles. The SMILES string of the molecule is CCN(Cc1cccs1)C(=O)c1ccc([N+](=O)[O-])c(O)c1. The largest absolute Gasteiger partial charge is 0.502 e. The molecular weight excluding hydrogens is 292 g/mol. The van der Waals surface area contributed by atoms with Gasteiger partial charge in [-0.3, -0.25) is 14.9 Å². The number of carbonyl (C=O) groups is 1. The van der Waals surface area contributed by atoms with Crippen molar-refractivity contribution in [3.63, 3.8) is 0 Å². The first kappa shape index (κ1) is 15.0. The zero-order valence-electron chi connectivity index (χ0n) is 11.4. The fourth-order valence-corrected chi connectivity index (χ4v) is 2.63. The molecule has 21 heavy (non-hydrogen) atoms. The Bertz CT molecular complexity index is 655. The summed E-state index contributed by atoms with van der Waals surface area (Å²) in [5.74, 6) is -0.769. The van der Waals surface area contributed by atoms with Crippen LogP contribution in [0.25, 0.3) is 0 Å². The highest BCUT2D eigenvalue weighted by Crippen LogP contribution is 2.27. The van der Waals surface area contributed by atoms with Crippen LogP contribution in [0.15, 0.2) is 35.7 Å². The highest BCUT2D eigenvalue weighted by Gasteiger charge is 2.19. The molecule has 0 saturated carbocycles. The minimum Gasteiger partial charge on any atom is -0.502 e. The fourth-order valence-electron chi connectivity index (χ4n) is 1.91. The van der Waals surface area contributed by atoms with Gasteiger partial charge in [0.25, 0.3) is 5.91 Å². The first-order valence-electron chi connectivity index (χ1n) is 6.32. The number of hydrogen-bond acceptors (Lipinski definition) is 5. The molecule has 2 rings (SSSR count). The van der Waals surface area contributed by atoms with Crippen molar-refractivity contribution in [2.24, 2.45) is 0 Å². The molecule has 0 bridgehead atoms. The standard InChI is InChI=1S/C14H14N2O4S/c1-2-15(9-11-4-3-7-21-11)14(18)10-5-6-12(16(19)20)13(17)8-10/h3-8,17H,2,9H2,1H3. The van der Waals surface area contributed by atoms with Gasteiger partial charge in [0.05, 0.1) is 11.5 Å². The van der Waals surface area contributed by atoms with Gasteiger partial charge in [-0.15, -0.1) is 11.3 Å². The number of aromatic hydroxyl groups is 1. The van der Waals surface area contributed by atoms with E-state index in [-0.39, 0.29) is 11.5 Å². The van der Waals surface area contributed by atoms with E-state index in [9.17, 15) is 20.0 Å². The number of nitrogens with zero attached hydrogens (tertiary/aromatic N) is 2. The van der Waals surface area contributed by atoms with E-state index in [2.05, 4.69) is 0 Å². The third-order valence-electron chi connectivity index (χ3n) is 3.01. The molecule has 0 aliphatic heterocycles. The molecule has 1 aromatic heterocycles. The Kier molecular flexibility index (Phi) is 4.54. The number of rotatable bonds is 5. The lowest BCUT2D eigenvalue weighted by Gasteiger charge is -2.20. The summed E-state index contributed by atoms with van der Waals surface area (Å²) >= 11 is 1.56. The molecule has 0 aliphatic carbocycles. The molecule has 6 nitrogen and oxygen atoms in total. The van der Waals surface area contributed by atoms with Crippen LogP contribution in [0.2, 0.25) is 0 Å². The molecule has 0 atom stereocenters. The molecule has 1 amide bonds. The average molecular weight is 306 g/mol. The Morgan fingerprint density at radius 2 is 2.19 bits per heavy atom. The lowest BCUT2D eigenvalue weighted by molar-refractivity contribution is -0.385. The van der Waals surface area contributed by atoms with Crippen LogP contribution in [0.5, 0.6) is 5.75 Å². The molecule has 0 fully saturated rings. The van der Waals surface area contributed by atoms with Crippen LogP contribution in [0, 0.1) is 10.1 Å². The predicted octanol–water partition coefficient (Wildman–Crippen LogP) is 3.02. The van der Waals surface area contributed by atoms with Crippen molar-refractivity contribution in [3.05, 3.63) is 56.3 Å². The lowest BCUT2D eigenvalue weighted by Crippen LogP contribution is -2.29. The monoisotopic (exact) mass is 306 g/mol. The summed E-state index contributed by atoms with van der Waals surface area (Å²) in [6, 6.07) is 7.49. The summed E-state index contributed by atoms with van der Waals surface area (Å²) < 4.78 is 0. The molecule has 0 radical (unpaired) electrons. The van der Waals surface area contributed by atoms with Gasteiger partial charge in [0.1, 0.15) is 0 Å². The molecular formula is C14H14N2O4S. The lowest BCUT2D eigenvalue weighted by atomic mass is 10.1. The van der Waals surface area contributed by atoms with Gasteiger partial charge < -0.3 is 10.0 Å². The van der Waals surface area contributed by atoms with Crippen molar-refractivity contribution in [1.82, 2.24) is 4.90 Å². The van der Waals surface area contributed by atoms with Gasteiger partial charge in [-0.05, 0) is 30.5 Å². The molecule has 0 spiro atoms. The highest BCUT2D eigenvalue weighted by molar-refractivity contribution is 7.09. The van der Waals surface area contributed by atoms with Crippen molar-refractivity contribution >= 4 is 22.9 Å². The van der Waals surface area contributed by atoms with E-state index in [4.69, 9.17) is 0 Å². The first-order chi connectivity index (χ1) is 10.0. The van der Waals surface area contributed by atoms with Gasteiger partial charge in [-0.25, -0.2) is 0 Å². The van der Waals surface area contributed by atoms with Gasteiger partial charge in [-0.2, -0.15) is 0 Å². The number of amides is 1. The minimum atomic E-state index is -0.688. The van der Waals surface area contributed by atoms with Crippen molar-refractivity contribution in [2.45, 2.75) is 13.5 Å². The Morgan fingerprint density at radius 3 is 2.71 bits per heavy atom. The van der Waals surface area contributed by atoms with Gasteiger partial charge in [-0.1, -0.05) is 6.07 Å². The van der Waals surface area contributed by atoms with Gasteiger partial charge in [0.15, 0.2) is 5.75 Å². The zero-order chi connectivity index (χ0) is 15.4. The second-order valence-electron chi connectivity index (χ2n) is 4.36. The number of carbonyl (C=O) groups excluding carboxylic acids is 1. The van der Waals surface area contributed by atoms with Crippen molar-refractivity contribution in [1.29, 1.82) is 0 Å². The van der Waals surface area contributed by atoms with Crippen LogP contribution in [0.3, 0.4) is 0 Å². The summed E-state index contributed by atoms with van der Waals surface area (Å²) in [5.41, 5.74) is -0.177. The smallest absolute Gasteiger partial charge is 0.310 e. The van der Waals surface area contributed by atoms with Gasteiger partial charge >= 0.3 is 5.69 Å². The van der Waals surface area contributed by atoms with E-state index in [1.54, 1.807) is 16.2 Å².